The number of nitrogens with zero attached hydrogens (tertiary/aromatic N) is 2. The molecule has 0 spiro atoms. The van der Waals surface area contributed by atoms with E-state index in [1.165, 1.54) is 19.3 Å². The molecule has 1 aromatic rings. The standard InChI is InChI=1S/C10H12N4/c11-6-9-8(12)4-5-10(14-9)13-7-2-1-3-7/h4-5,7H,1-3,12H2,(H,13,14). The number of rotatable bonds is 2. The maximum absolute atomic E-state index is 8.73. The highest BCUT2D eigenvalue weighted by molar-refractivity contribution is 5.54. The molecule has 0 amide bonds. The van der Waals surface area contributed by atoms with Gasteiger partial charge in [-0.2, -0.15) is 5.26 Å². The lowest BCUT2D eigenvalue weighted by atomic mass is 9.93. The van der Waals surface area contributed by atoms with Crippen molar-refractivity contribution in [3.63, 3.8) is 0 Å². The fraction of sp³-hybridized carbons (Fsp3) is 0.400. The van der Waals surface area contributed by atoms with E-state index in [1.807, 2.05) is 12.1 Å². The number of aromatic nitrogens is 1. The van der Waals surface area contributed by atoms with Gasteiger partial charge in [0.2, 0.25) is 0 Å². The van der Waals surface area contributed by atoms with Gasteiger partial charge in [0.1, 0.15) is 11.9 Å². The Morgan fingerprint density at radius 3 is 2.86 bits per heavy atom. The van der Waals surface area contributed by atoms with Gasteiger partial charge < -0.3 is 11.1 Å². The first-order valence-electron chi connectivity index (χ1n) is 4.73. The minimum absolute atomic E-state index is 0.300. The van der Waals surface area contributed by atoms with Gasteiger partial charge in [-0.1, -0.05) is 0 Å². The molecule has 72 valence electrons. The van der Waals surface area contributed by atoms with Crippen molar-refractivity contribution >= 4 is 11.5 Å². The highest BCUT2D eigenvalue weighted by atomic mass is 15.0. The number of nitriles is 1. The van der Waals surface area contributed by atoms with Crippen LogP contribution < -0.4 is 11.1 Å². The van der Waals surface area contributed by atoms with Crippen LogP contribution in [0.4, 0.5) is 11.5 Å². The molecule has 1 fully saturated rings. The van der Waals surface area contributed by atoms with Crippen LogP contribution >= 0.6 is 0 Å². The Balaban J connectivity index is 2.14. The Kier molecular flexibility index (Phi) is 2.23. The van der Waals surface area contributed by atoms with Gasteiger partial charge in [0.05, 0.1) is 5.69 Å². The quantitative estimate of drug-likeness (QED) is 0.737. The van der Waals surface area contributed by atoms with Crippen molar-refractivity contribution in [3.8, 4) is 6.07 Å². The zero-order chi connectivity index (χ0) is 9.97. The SMILES string of the molecule is N#Cc1nc(NC2CCC2)ccc1N. The van der Waals surface area contributed by atoms with Crippen molar-refractivity contribution in [2.45, 2.75) is 25.3 Å². The van der Waals surface area contributed by atoms with Crippen molar-refractivity contribution in [1.29, 1.82) is 5.26 Å². The predicted octanol–water partition coefficient (Wildman–Crippen LogP) is 1.50. The Bertz CT molecular complexity index is 376. The highest BCUT2D eigenvalue weighted by Crippen LogP contribution is 2.23. The number of nitrogens with one attached hydrogen (secondary N) is 1. The number of nitrogens with two attached hydrogens (primary N) is 1. The molecule has 0 aliphatic heterocycles. The fourth-order valence-corrected chi connectivity index (χ4v) is 1.40. The Labute approximate surface area is 82.8 Å². The third-order valence-corrected chi connectivity index (χ3v) is 2.49. The van der Waals surface area contributed by atoms with Crippen LogP contribution in [-0.2, 0) is 0 Å². The molecular formula is C10H12N4. The molecule has 4 heteroatoms. The lowest BCUT2D eigenvalue weighted by Crippen LogP contribution is -2.27. The Hall–Kier alpha value is -1.76. The number of hydrogen-bond donors (Lipinski definition) is 2. The number of hydrogen-bond acceptors (Lipinski definition) is 4. The van der Waals surface area contributed by atoms with E-state index in [-0.39, 0.29) is 0 Å². The number of nitrogen functional groups attached to an aromatic ring is 1. The summed E-state index contributed by atoms with van der Waals surface area (Å²) >= 11 is 0. The van der Waals surface area contributed by atoms with Crippen LogP contribution in [0.15, 0.2) is 12.1 Å². The lowest BCUT2D eigenvalue weighted by molar-refractivity contribution is 0.444. The Morgan fingerprint density at radius 1 is 1.50 bits per heavy atom. The summed E-state index contributed by atoms with van der Waals surface area (Å²) < 4.78 is 0. The van der Waals surface area contributed by atoms with E-state index in [9.17, 15) is 0 Å². The van der Waals surface area contributed by atoms with E-state index in [4.69, 9.17) is 11.0 Å². The van der Waals surface area contributed by atoms with Gasteiger partial charge in [0, 0.05) is 6.04 Å². The van der Waals surface area contributed by atoms with Crippen molar-refractivity contribution < 1.29 is 0 Å². The zero-order valence-corrected chi connectivity index (χ0v) is 7.83. The third kappa shape index (κ3) is 1.62. The molecule has 2 rings (SSSR count). The van der Waals surface area contributed by atoms with Gasteiger partial charge in [-0.15, -0.1) is 0 Å². The molecule has 1 saturated carbocycles. The third-order valence-electron chi connectivity index (χ3n) is 2.49. The summed E-state index contributed by atoms with van der Waals surface area (Å²) in [5, 5.41) is 12.0. The van der Waals surface area contributed by atoms with E-state index < -0.39 is 0 Å². The molecule has 0 aromatic carbocycles. The van der Waals surface area contributed by atoms with E-state index in [1.54, 1.807) is 6.07 Å². The minimum atomic E-state index is 0.300. The molecule has 1 aliphatic carbocycles. The molecule has 0 bridgehead atoms. The van der Waals surface area contributed by atoms with Crippen molar-refractivity contribution in [3.05, 3.63) is 17.8 Å². The molecular weight excluding hydrogens is 176 g/mol. The normalized spacial score (nSPS) is 15.6. The van der Waals surface area contributed by atoms with E-state index in [2.05, 4.69) is 10.3 Å². The summed E-state index contributed by atoms with van der Waals surface area (Å²) in [6.45, 7) is 0. The van der Waals surface area contributed by atoms with Gasteiger partial charge in [-0.05, 0) is 31.4 Å². The molecule has 0 unspecified atom stereocenters. The van der Waals surface area contributed by atoms with Gasteiger partial charge >= 0.3 is 0 Å². The van der Waals surface area contributed by atoms with E-state index >= 15 is 0 Å². The second kappa shape index (κ2) is 3.54. The maximum atomic E-state index is 8.73. The number of anilines is 2. The smallest absolute Gasteiger partial charge is 0.165 e. The lowest BCUT2D eigenvalue weighted by Gasteiger charge is -2.26. The van der Waals surface area contributed by atoms with Crippen molar-refractivity contribution in [2.24, 2.45) is 0 Å². The van der Waals surface area contributed by atoms with Gasteiger partial charge in [0.25, 0.3) is 0 Å². The first-order valence-corrected chi connectivity index (χ1v) is 4.73. The average molecular weight is 188 g/mol. The maximum Gasteiger partial charge on any atom is 0.165 e. The molecule has 1 aliphatic rings. The van der Waals surface area contributed by atoms with Crippen LogP contribution in [0.5, 0.6) is 0 Å². The molecule has 14 heavy (non-hydrogen) atoms. The molecule has 0 radical (unpaired) electrons. The van der Waals surface area contributed by atoms with Crippen LogP contribution in [-0.4, -0.2) is 11.0 Å². The van der Waals surface area contributed by atoms with E-state index in [0.717, 1.165) is 5.82 Å². The van der Waals surface area contributed by atoms with Gasteiger partial charge in [-0.3, -0.25) is 0 Å². The van der Waals surface area contributed by atoms with Crippen LogP contribution in [0.25, 0.3) is 0 Å². The van der Waals surface area contributed by atoms with Crippen molar-refractivity contribution in [2.75, 3.05) is 11.1 Å². The zero-order valence-electron chi connectivity index (χ0n) is 7.83. The first-order chi connectivity index (χ1) is 6.79. The summed E-state index contributed by atoms with van der Waals surface area (Å²) in [5.41, 5.74) is 6.30. The second-order valence-electron chi connectivity index (χ2n) is 3.52. The summed E-state index contributed by atoms with van der Waals surface area (Å²) in [6.07, 6.45) is 3.65. The topological polar surface area (TPSA) is 74.7 Å². The molecule has 0 atom stereocenters. The van der Waals surface area contributed by atoms with E-state index in [0.29, 0.717) is 17.4 Å². The molecule has 1 aromatic heterocycles. The van der Waals surface area contributed by atoms with Crippen LogP contribution in [0, 0.1) is 11.3 Å². The van der Waals surface area contributed by atoms with Crippen LogP contribution in [0.3, 0.4) is 0 Å². The average Bonchev–Trinajstić information content (AvgIpc) is 2.14. The molecule has 3 N–H and O–H groups in total. The largest absolute Gasteiger partial charge is 0.396 e. The van der Waals surface area contributed by atoms with Crippen molar-refractivity contribution in [1.82, 2.24) is 4.98 Å². The molecule has 0 saturated heterocycles. The predicted molar refractivity (Wildman–Crippen MR) is 54.6 cm³/mol. The number of pyridine rings is 1. The van der Waals surface area contributed by atoms with Gasteiger partial charge in [0.15, 0.2) is 5.69 Å². The second-order valence-corrected chi connectivity index (χ2v) is 3.52. The summed E-state index contributed by atoms with van der Waals surface area (Å²) in [7, 11) is 0. The summed E-state index contributed by atoms with van der Waals surface area (Å²) in [4.78, 5) is 4.12. The molecule has 4 nitrogen and oxygen atoms in total. The first kappa shape index (κ1) is 8.82. The summed E-state index contributed by atoms with van der Waals surface area (Å²) in [6, 6.07) is 6.02. The fourth-order valence-electron chi connectivity index (χ4n) is 1.40. The Morgan fingerprint density at radius 2 is 2.29 bits per heavy atom. The minimum Gasteiger partial charge on any atom is -0.396 e. The summed E-state index contributed by atoms with van der Waals surface area (Å²) in [5.74, 6) is 0.750. The van der Waals surface area contributed by atoms with Crippen LogP contribution in [0.1, 0.15) is 25.0 Å². The monoisotopic (exact) mass is 188 g/mol. The highest BCUT2D eigenvalue weighted by Gasteiger charge is 2.17. The van der Waals surface area contributed by atoms with Gasteiger partial charge in [-0.25, -0.2) is 4.98 Å². The van der Waals surface area contributed by atoms with Crippen LogP contribution in [0.2, 0.25) is 0 Å². The molecule has 1 heterocycles.